The van der Waals surface area contributed by atoms with Gasteiger partial charge in [-0.05, 0) is 30.2 Å². The van der Waals surface area contributed by atoms with E-state index in [0.29, 0.717) is 35.3 Å². The average molecular weight is 541 g/mol. The first-order valence-electron chi connectivity index (χ1n) is 11.9. The number of fused-ring (bicyclic) bond motifs is 1. The quantitative estimate of drug-likeness (QED) is 0.421. The van der Waals surface area contributed by atoms with Crippen LogP contribution >= 0.6 is 0 Å². The van der Waals surface area contributed by atoms with Crippen molar-refractivity contribution in [2.45, 2.75) is 44.3 Å². The molecule has 2 N–H and O–H groups in total. The predicted molar refractivity (Wildman–Crippen MR) is 128 cm³/mol. The smallest absolute Gasteiger partial charge is 0.370 e. The second-order valence-electron chi connectivity index (χ2n) is 9.14. The Bertz CT molecular complexity index is 1310. The molecule has 0 spiro atoms. The van der Waals surface area contributed by atoms with Gasteiger partial charge >= 0.3 is 12.4 Å². The van der Waals surface area contributed by atoms with Crippen molar-refractivity contribution in [3.05, 3.63) is 92.9 Å². The van der Waals surface area contributed by atoms with Crippen LogP contribution in [0.5, 0.6) is 0 Å². The minimum absolute atomic E-state index is 0.137. The Morgan fingerprint density at radius 1 is 1.00 bits per heavy atom. The molecule has 0 bridgehead atoms. The van der Waals surface area contributed by atoms with Gasteiger partial charge in [-0.15, -0.1) is 0 Å². The lowest BCUT2D eigenvalue weighted by Gasteiger charge is -2.34. The zero-order valence-corrected chi connectivity index (χ0v) is 20.4. The molecular formula is C26H26F6N4O2. The average Bonchev–Trinajstić information content (AvgIpc) is 2.86. The van der Waals surface area contributed by atoms with Crippen LogP contribution < -0.4 is 11.3 Å². The van der Waals surface area contributed by atoms with E-state index in [4.69, 9.17) is 10.5 Å². The van der Waals surface area contributed by atoms with Crippen LogP contribution in [0.1, 0.15) is 47.0 Å². The van der Waals surface area contributed by atoms with Gasteiger partial charge in [0, 0.05) is 25.6 Å². The molecule has 1 aliphatic heterocycles. The normalized spacial score (nSPS) is 16.2. The van der Waals surface area contributed by atoms with Crippen LogP contribution in [0.15, 0.2) is 59.4 Å². The molecule has 2 heterocycles. The number of alkyl halides is 6. The number of nitrogens with two attached hydrogens (primary N) is 1. The standard InChI is InChI=1S/C26H26F6N4O2/c1-16(17-7-9-19(10-8-17)26(30,31)32)35-12-11-21-20(13-35)23(37)36(24(33)34-21)22(14-38-15-25(27,28)29)18-5-3-2-4-6-18/h2-10,16,22H,11-15H2,1H3,(H2,33,34). The van der Waals surface area contributed by atoms with E-state index in [1.807, 2.05) is 11.8 Å². The zero-order valence-electron chi connectivity index (χ0n) is 20.4. The summed E-state index contributed by atoms with van der Waals surface area (Å²) >= 11 is 0. The molecule has 2 atom stereocenters. The topological polar surface area (TPSA) is 73.4 Å². The van der Waals surface area contributed by atoms with E-state index in [-0.39, 0.29) is 18.5 Å². The summed E-state index contributed by atoms with van der Waals surface area (Å²) < 4.78 is 83.1. The summed E-state index contributed by atoms with van der Waals surface area (Å²) in [4.78, 5) is 20.0. The number of hydrogen-bond donors (Lipinski definition) is 1. The molecule has 0 fully saturated rings. The molecule has 0 radical (unpaired) electrons. The van der Waals surface area contributed by atoms with E-state index < -0.39 is 42.7 Å². The molecular weight excluding hydrogens is 514 g/mol. The zero-order chi connectivity index (χ0) is 27.7. The maximum Gasteiger partial charge on any atom is 0.416 e. The molecule has 12 heteroatoms. The van der Waals surface area contributed by atoms with Gasteiger partial charge in [-0.2, -0.15) is 26.3 Å². The monoisotopic (exact) mass is 540 g/mol. The van der Waals surface area contributed by atoms with Gasteiger partial charge < -0.3 is 10.5 Å². The molecule has 1 aromatic heterocycles. The lowest BCUT2D eigenvalue weighted by atomic mass is 10.00. The number of halogens is 6. The van der Waals surface area contributed by atoms with Crippen LogP contribution in [0.3, 0.4) is 0 Å². The lowest BCUT2D eigenvalue weighted by molar-refractivity contribution is -0.175. The second-order valence-corrected chi connectivity index (χ2v) is 9.14. The summed E-state index contributed by atoms with van der Waals surface area (Å²) in [6, 6.07) is 12.0. The largest absolute Gasteiger partial charge is 0.416 e. The van der Waals surface area contributed by atoms with Gasteiger partial charge in [0.25, 0.3) is 5.56 Å². The highest BCUT2D eigenvalue weighted by atomic mass is 19.4. The van der Waals surface area contributed by atoms with Gasteiger partial charge in [0.05, 0.1) is 29.5 Å². The molecule has 0 saturated heterocycles. The van der Waals surface area contributed by atoms with Gasteiger partial charge in [-0.1, -0.05) is 42.5 Å². The molecule has 38 heavy (non-hydrogen) atoms. The van der Waals surface area contributed by atoms with E-state index in [2.05, 4.69) is 4.98 Å². The summed E-state index contributed by atoms with van der Waals surface area (Å²) in [5.41, 5.74) is 6.89. The molecule has 6 nitrogen and oxygen atoms in total. The maximum absolute atomic E-state index is 13.7. The van der Waals surface area contributed by atoms with Crippen LogP contribution in [0.25, 0.3) is 0 Å². The molecule has 0 amide bonds. The lowest BCUT2D eigenvalue weighted by Crippen LogP contribution is -2.41. The molecule has 2 aromatic carbocycles. The van der Waals surface area contributed by atoms with Crippen LogP contribution in [0.4, 0.5) is 32.3 Å². The Labute approximate surface area is 214 Å². The number of ether oxygens (including phenoxy) is 1. The maximum atomic E-state index is 13.7. The summed E-state index contributed by atoms with van der Waals surface area (Å²) in [5, 5.41) is 0. The third-order valence-electron chi connectivity index (χ3n) is 6.62. The van der Waals surface area contributed by atoms with Crippen molar-refractivity contribution in [2.75, 3.05) is 25.5 Å². The Balaban J connectivity index is 1.64. The van der Waals surface area contributed by atoms with Crippen LogP contribution in [-0.2, 0) is 23.9 Å². The first kappa shape index (κ1) is 27.6. The highest BCUT2D eigenvalue weighted by molar-refractivity contribution is 5.34. The number of hydrogen-bond acceptors (Lipinski definition) is 5. The number of nitrogens with zero attached hydrogens (tertiary/aromatic N) is 3. The molecule has 3 aromatic rings. The Morgan fingerprint density at radius 2 is 1.66 bits per heavy atom. The summed E-state index contributed by atoms with van der Waals surface area (Å²) in [5.74, 6) is -0.137. The van der Waals surface area contributed by atoms with Crippen molar-refractivity contribution < 1.29 is 31.1 Å². The Hall–Kier alpha value is -3.38. The van der Waals surface area contributed by atoms with Gasteiger partial charge in [0.15, 0.2) is 0 Å². The van der Waals surface area contributed by atoms with Crippen molar-refractivity contribution in [2.24, 2.45) is 0 Å². The number of anilines is 1. The highest BCUT2D eigenvalue weighted by Gasteiger charge is 2.32. The fourth-order valence-electron chi connectivity index (χ4n) is 4.60. The number of rotatable bonds is 7. The van der Waals surface area contributed by atoms with Gasteiger partial charge in [-0.3, -0.25) is 14.3 Å². The summed E-state index contributed by atoms with van der Waals surface area (Å²) in [6.07, 6.45) is -8.61. The minimum Gasteiger partial charge on any atom is -0.370 e. The van der Waals surface area contributed by atoms with Crippen LogP contribution in [0, 0.1) is 0 Å². The Kier molecular flexibility index (Phi) is 7.84. The van der Waals surface area contributed by atoms with Gasteiger partial charge in [-0.25, -0.2) is 4.98 Å². The van der Waals surface area contributed by atoms with Gasteiger partial charge in [0.2, 0.25) is 5.95 Å². The first-order chi connectivity index (χ1) is 17.8. The van der Waals surface area contributed by atoms with Crippen LogP contribution in [-0.4, -0.2) is 40.4 Å². The van der Waals surface area contributed by atoms with E-state index in [9.17, 15) is 31.1 Å². The first-order valence-corrected chi connectivity index (χ1v) is 11.9. The number of nitrogen functional groups attached to an aromatic ring is 1. The molecule has 0 saturated carbocycles. The van der Waals surface area contributed by atoms with E-state index in [1.165, 1.54) is 12.1 Å². The number of aromatic nitrogens is 2. The van der Waals surface area contributed by atoms with Crippen molar-refractivity contribution >= 4 is 5.95 Å². The third-order valence-corrected chi connectivity index (χ3v) is 6.62. The van der Waals surface area contributed by atoms with E-state index >= 15 is 0 Å². The predicted octanol–water partition coefficient (Wildman–Crippen LogP) is 5.13. The van der Waals surface area contributed by atoms with Crippen LogP contribution in [0.2, 0.25) is 0 Å². The van der Waals surface area contributed by atoms with Gasteiger partial charge in [0.1, 0.15) is 6.61 Å². The molecule has 4 rings (SSSR count). The molecule has 204 valence electrons. The fraction of sp³-hybridized carbons (Fsp3) is 0.385. The van der Waals surface area contributed by atoms with Crippen molar-refractivity contribution in [3.8, 4) is 0 Å². The molecule has 2 unspecified atom stereocenters. The van der Waals surface area contributed by atoms with E-state index in [0.717, 1.165) is 16.7 Å². The summed E-state index contributed by atoms with van der Waals surface area (Å²) in [6.45, 7) is 0.520. The van der Waals surface area contributed by atoms with Crippen molar-refractivity contribution in [1.82, 2.24) is 14.5 Å². The van der Waals surface area contributed by atoms with Crippen molar-refractivity contribution in [3.63, 3.8) is 0 Å². The summed E-state index contributed by atoms with van der Waals surface area (Å²) in [7, 11) is 0. The SMILES string of the molecule is CC(c1ccc(C(F)(F)F)cc1)N1CCc2nc(N)n(C(COCC(F)(F)F)c3ccccc3)c(=O)c2C1. The fourth-order valence-corrected chi connectivity index (χ4v) is 4.60. The number of benzene rings is 2. The molecule has 1 aliphatic rings. The van der Waals surface area contributed by atoms with E-state index in [1.54, 1.807) is 30.3 Å². The van der Waals surface area contributed by atoms with Crippen molar-refractivity contribution in [1.29, 1.82) is 0 Å². The minimum atomic E-state index is -4.54. The second kappa shape index (κ2) is 10.8. The highest BCUT2D eigenvalue weighted by Crippen LogP contribution is 2.32. The third kappa shape index (κ3) is 6.18. The molecule has 0 aliphatic carbocycles. The Morgan fingerprint density at radius 3 is 2.26 bits per heavy atom.